The molecule has 2 amide bonds. The van der Waals surface area contributed by atoms with E-state index in [0.29, 0.717) is 0 Å². The number of hydrogen-bond donors (Lipinski definition) is 0. The molecule has 11 heteroatoms. The van der Waals surface area contributed by atoms with Crippen LogP contribution in [0.1, 0.15) is 29.7 Å². The number of carbonyl (C=O) groups is 1. The zero-order chi connectivity index (χ0) is 24.7. The van der Waals surface area contributed by atoms with Crippen LogP contribution in [0.25, 0.3) is 0 Å². The highest BCUT2D eigenvalue weighted by Crippen LogP contribution is 2.41. The number of hydrogen-bond acceptors (Lipinski definition) is 5. The van der Waals surface area contributed by atoms with E-state index < -0.39 is 33.6 Å². The van der Waals surface area contributed by atoms with Crippen LogP contribution in [0.3, 0.4) is 0 Å². The number of urea groups is 1. The Hall–Kier alpha value is -3.83. The number of likely N-dealkylation sites (N-methyl/N-ethyl adjacent to an activating group) is 1. The van der Waals surface area contributed by atoms with Gasteiger partial charge < -0.3 is 4.90 Å². The number of nitriles is 2. The first kappa shape index (κ1) is 23.8. The van der Waals surface area contributed by atoms with Gasteiger partial charge in [0.15, 0.2) is 9.84 Å². The van der Waals surface area contributed by atoms with Crippen LogP contribution in [-0.2, 0) is 16.0 Å². The zero-order valence-electron chi connectivity index (χ0n) is 17.7. The number of sulfone groups is 1. The summed E-state index contributed by atoms with van der Waals surface area (Å²) in [7, 11) is -2.53. The molecule has 0 aliphatic carbocycles. The third-order valence-corrected chi connectivity index (χ3v) is 6.42. The van der Waals surface area contributed by atoms with Gasteiger partial charge in [0, 0.05) is 19.0 Å². The smallest absolute Gasteiger partial charge is 0.315 e. The van der Waals surface area contributed by atoms with Gasteiger partial charge in [0.2, 0.25) is 0 Å². The lowest BCUT2D eigenvalue weighted by Crippen LogP contribution is -2.47. The molecule has 33 heavy (non-hydrogen) atoms. The van der Waals surface area contributed by atoms with Gasteiger partial charge in [-0.25, -0.2) is 13.2 Å². The molecule has 1 aliphatic heterocycles. The van der Waals surface area contributed by atoms with Gasteiger partial charge in [-0.2, -0.15) is 23.7 Å². The van der Waals surface area contributed by atoms with Gasteiger partial charge >= 0.3 is 12.2 Å². The van der Waals surface area contributed by atoms with Crippen molar-refractivity contribution in [3.8, 4) is 12.1 Å². The highest BCUT2D eigenvalue weighted by molar-refractivity contribution is 7.90. The number of halogens is 3. The van der Waals surface area contributed by atoms with Crippen molar-refractivity contribution < 1.29 is 26.4 Å². The van der Waals surface area contributed by atoms with E-state index in [9.17, 15) is 31.6 Å². The normalized spacial score (nSPS) is 17.1. The lowest BCUT2D eigenvalue weighted by atomic mass is 9.93. The molecule has 0 radical (unpaired) electrons. The first-order valence-electron chi connectivity index (χ1n) is 9.40. The predicted molar refractivity (Wildman–Crippen MR) is 112 cm³/mol. The van der Waals surface area contributed by atoms with Crippen LogP contribution in [0.2, 0.25) is 0 Å². The van der Waals surface area contributed by atoms with Crippen molar-refractivity contribution in [2.24, 2.45) is 0 Å². The molecular weight excluding hydrogens is 457 g/mol. The van der Waals surface area contributed by atoms with Crippen molar-refractivity contribution in [2.75, 3.05) is 18.2 Å². The molecule has 0 saturated heterocycles. The first-order valence-corrected chi connectivity index (χ1v) is 11.3. The highest BCUT2D eigenvalue weighted by Gasteiger charge is 2.40. The number of allylic oxidation sites excluding steroid dienone is 1. The standard InChI is InChI=1S/C22H17F3N4O3S/c1-13-18(12-27)20(17-8-7-14(11-26)9-19(17)33(3,31)32)28(2)21(30)29(13)16-6-4-5-15(10-16)22(23,24)25/h4-10,20H,1-3H3/t20-/m1/s1. The second kappa shape index (κ2) is 8.26. The summed E-state index contributed by atoms with van der Waals surface area (Å²) in [5, 5.41) is 19.0. The molecule has 3 rings (SSSR count). The number of carbonyl (C=O) groups excluding carboxylic acids is 1. The predicted octanol–water partition coefficient (Wildman–Crippen LogP) is 4.39. The molecular formula is C22H17F3N4O3S. The molecule has 7 nitrogen and oxygen atoms in total. The minimum Gasteiger partial charge on any atom is -0.315 e. The molecule has 0 saturated carbocycles. The molecule has 0 unspecified atom stereocenters. The quantitative estimate of drug-likeness (QED) is 0.656. The number of amides is 2. The molecule has 1 heterocycles. The first-order chi connectivity index (χ1) is 15.3. The number of anilines is 1. The summed E-state index contributed by atoms with van der Waals surface area (Å²) in [6.45, 7) is 1.40. The van der Waals surface area contributed by atoms with Crippen LogP contribution in [0.5, 0.6) is 0 Å². The molecule has 0 N–H and O–H groups in total. The van der Waals surface area contributed by atoms with Crippen molar-refractivity contribution in [3.05, 3.63) is 70.4 Å². The molecule has 170 valence electrons. The topological polar surface area (TPSA) is 105 Å². The third-order valence-electron chi connectivity index (χ3n) is 5.27. The number of nitrogens with zero attached hydrogens (tertiary/aromatic N) is 4. The van der Waals surface area contributed by atoms with Crippen LogP contribution >= 0.6 is 0 Å². The molecule has 0 aromatic heterocycles. The van der Waals surface area contributed by atoms with Crippen molar-refractivity contribution in [3.63, 3.8) is 0 Å². The van der Waals surface area contributed by atoms with Crippen molar-refractivity contribution in [1.82, 2.24) is 4.90 Å². The minimum atomic E-state index is -4.63. The summed E-state index contributed by atoms with van der Waals surface area (Å²) in [6, 6.07) is 9.95. The van der Waals surface area contributed by atoms with Crippen LogP contribution in [0, 0.1) is 22.7 Å². The van der Waals surface area contributed by atoms with Gasteiger partial charge in [-0.3, -0.25) is 4.90 Å². The maximum absolute atomic E-state index is 13.3. The molecule has 1 aliphatic rings. The summed E-state index contributed by atoms with van der Waals surface area (Å²) >= 11 is 0. The molecule has 2 aromatic rings. The van der Waals surface area contributed by atoms with E-state index in [2.05, 4.69) is 0 Å². The number of alkyl halides is 3. The second-order valence-corrected chi connectivity index (χ2v) is 9.41. The van der Waals surface area contributed by atoms with Gasteiger partial charge in [0.25, 0.3) is 0 Å². The average molecular weight is 474 g/mol. The van der Waals surface area contributed by atoms with E-state index in [1.165, 1.54) is 32.2 Å². The maximum Gasteiger partial charge on any atom is 0.416 e. The van der Waals surface area contributed by atoms with E-state index in [-0.39, 0.29) is 33.0 Å². The average Bonchev–Trinajstić information content (AvgIpc) is 2.75. The summed E-state index contributed by atoms with van der Waals surface area (Å²) in [5.41, 5.74) is -0.831. The van der Waals surface area contributed by atoms with Gasteiger partial charge in [-0.05, 0) is 42.8 Å². The molecule has 2 aromatic carbocycles. The van der Waals surface area contributed by atoms with Gasteiger partial charge in [0.1, 0.15) is 0 Å². The highest BCUT2D eigenvalue weighted by atomic mass is 32.2. The fourth-order valence-electron chi connectivity index (χ4n) is 3.71. The van der Waals surface area contributed by atoms with Gasteiger partial charge in [0.05, 0.1) is 45.5 Å². The van der Waals surface area contributed by atoms with Crippen LogP contribution in [0.15, 0.2) is 58.6 Å². The molecule has 1 atom stereocenters. The molecule has 0 bridgehead atoms. The third kappa shape index (κ3) is 4.28. The monoisotopic (exact) mass is 474 g/mol. The number of benzene rings is 2. The SMILES string of the molecule is CC1=C(C#N)[C@@H](c2ccc(C#N)cc2S(C)(=O)=O)N(C)C(=O)N1c1cccc(C(F)(F)F)c1. The largest absolute Gasteiger partial charge is 0.416 e. The van der Waals surface area contributed by atoms with Crippen molar-refractivity contribution in [1.29, 1.82) is 10.5 Å². The lowest BCUT2D eigenvalue weighted by Gasteiger charge is -2.40. The Labute approximate surface area is 188 Å². The lowest BCUT2D eigenvalue weighted by molar-refractivity contribution is -0.137. The fraction of sp³-hybridized carbons (Fsp3) is 0.227. The van der Waals surface area contributed by atoms with Crippen LogP contribution < -0.4 is 4.90 Å². The Morgan fingerprint density at radius 1 is 1.06 bits per heavy atom. The fourth-order valence-corrected chi connectivity index (χ4v) is 4.65. The Bertz CT molecular complexity index is 1370. The Morgan fingerprint density at radius 2 is 1.73 bits per heavy atom. The minimum absolute atomic E-state index is 0.0240. The van der Waals surface area contributed by atoms with Crippen molar-refractivity contribution in [2.45, 2.75) is 24.0 Å². The van der Waals surface area contributed by atoms with Crippen molar-refractivity contribution >= 4 is 21.6 Å². The van der Waals surface area contributed by atoms with Gasteiger partial charge in [-0.15, -0.1) is 0 Å². The van der Waals surface area contributed by atoms with E-state index in [4.69, 9.17) is 5.26 Å². The summed E-state index contributed by atoms with van der Waals surface area (Å²) in [6.07, 6.45) is -3.69. The maximum atomic E-state index is 13.3. The van der Waals surface area contributed by atoms with E-state index in [0.717, 1.165) is 40.3 Å². The Balaban J connectivity index is 2.25. The zero-order valence-corrected chi connectivity index (χ0v) is 18.5. The summed E-state index contributed by atoms with van der Waals surface area (Å²) in [5.74, 6) is 0. The van der Waals surface area contributed by atoms with E-state index >= 15 is 0 Å². The molecule has 0 spiro atoms. The Kier molecular flexibility index (Phi) is 5.96. The summed E-state index contributed by atoms with van der Waals surface area (Å²) in [4.78, 5) is 15.1. The summed E-state index contributed by atoms with van der Waals surface area (Å²) < 4.78 is 64.4. The van der Waals surface area contributed by atoms with Crippen LogP contribution in [0.4, 0.5) is 23.7 Å². The van der Waals surface area contributed by atoms with Crippen LogP contribution in [-0.4, -0.2) is 32.7 Å². The Morgan fingerprint density at radius 3 is 2.27 bits per heavy atom. The van der Waals surface area contributed by atoms with E-state index in [1.807, 2.05) is 12.1 Å². The van der Waals surface area contributed by atoms with E-state index in [1.54, 1.807) is 0 Å². The van der Waals surface area contributed by atoms with Gasteiger partial charge in [-0.1, -0.05) is 12.1 Å². The number of rotatable bonds is 3. The molecule has 0 fully saturated rings. The second-order valence-electron chi connectivity index (χ2n) is 7.43.